The summed E-state index contributed by atoms with van der Waals surface area (Å²) in [4.78, 5) is 38.1. The van der Waals surface area contributed by atoms with Crippen LogP contribution in [0.1, 0.15) is 310 Å². The van der Waals surface area contributed by atoms with E-state index < -0.39 is 6.10 Å². The molecular formula is C60H110O6. The molecule has 0 heterocycles. The molecule has 1 unspecified atom stereocenters. The van der Waals surface area contributed by atoms with Gasteiger partial charge >= 0.3 is 17.9 Å². The number of carbonyl (C=O) groups excluding carboxylic acids is 3. The van der Waals surface area contributed by atoms with Crippen molar-refractivity contribution < 1.29 is 28.6 Å². The summed E-state index contributed by atoms with van der Waals surface area (Å²) in [5, 5.41) is 0. The molecule has 0 fully saturated rings. The van der Waals surface area contributed by atoms with Crippen LogP contribution in [0, 0.1) is 0 Å². The highest BCUT2D eigenvalue weighted by molar-refractivity contribution is 5.71. The Hall–Kier alpha value is -2.37. The lowest BCUT2D eigenvalue weighted by Gasteiger charge is -2.18. The Morgan fingerprint density at radius 3 is 0.848 bits per heavy atom. The summed E-state index contributed by atoms with van der Waals surface area (Å²) in [6, 6.07) is 0. The molecule has 0 saturated heterocycles. The van der Waals surface area contributed by atoms with Crippen molar-refractivity contribution in [1.29, 1.82) is 0 Å². The summed E-state index contributed by atoms with van der Waals surface area (Å²) in [6.45, 7) is 6.65. The van der Waals surface area contributed by atoms with Gasteiger partial charge in [-0.2, -0.15) is 0 Å². The van der Waals surface area contributed by atoms with Crippen molar-refractivity contribution in [2.24, 2.45) is 0 Å². The van der Waals surface area contributed by atoms with Crippen LogP contribution in [0.25, 0.3) is 0 Å². The fraction of sp³-hybridized carbons (Fsp3) is 0.850. The van der Waals surface area contributed by atoms with Gasteiger partial charge in [0.1, 0.15) is 13.2 Å². The molecule has 6 nitrogen and oxygen atoms in total. The molecule has 386 valence electrons. The second-order valence-corrected chi connectivity index (χ2v) is 19.6. The summed E-state index contributed by atoms with van der Waals surface area (Å²) >= 11 is 0. The van der Waals surface area contributed by atoms with Gasteiger partial charge in [-0.3, -0.25) is 14.4 Å². The average Bonchev–Trinajstić information content (AvgIpc) is 3.31. The zero-order valence-electron chi connectivity index (χ0n) is 44.2. The molecule has 0 aromatic rings. The van der Waals surface area contributed by atoms with E-state index in [1.807, 2.05) is 0 Å². The van der Waals surface area contributed by atoms with E-state index in [0.29, 0.717) is 19.3 Å². The Kier molecular flexibility index (Phi) is 53.2. The Labute approximate surface area is 410 Å². The first-order chi connectivity index (χ1) is 32.5. The highest BCUT2D eigenvalue weighted by atomic mass is 16.6. The molecule has 0 spiro atoms. The fourth-order valence-corrected chi connectivity index (χ4v) is 8.51. The maximum absolute atomic E-state index is 12.8. The molecule has 0 aliphatic heterocycles. The van der Waals surface area contributed by atoms with Gasteiger partial charge in [0.15, 0.2) is 6.10 Å². The van der Waals surface area contributed by atoms with Gasteiger partial charge in [0.05, 0.1) is 0 Å². The normalized spacial score (nSPS) is 12.2. The zero-order valence-corrected chi connectivity index (χ0v) is 44.2. The van der Waals surface area contributed by atoms with Crippen molar-refractivity contribution in [3.05, 3.63) is 36.5 Å². The first-order valence-corrected chi connectivity index (χ1v) is 29.0. The van der Waals surface area contributed by atoms with Crippen LogP contribution in [0.2, 0.25) is 0 Å². The van der Waals surface area contributed by atoms with Gasteiger partial charge in [0.25, 0.3) is 0 Å². The number of allylic oxidation sites excluding steroid dienone is 6. The molecule has 0 aliphatic carbocycles. The molecule has 1 atom stereocenters. The number of unbranched alkanes of at least 4 members (excludes halogenated alkanes) is 36. The highest BCUT2D eigenvalue weighted by Crippen LogP contribution is 2.16. The minimum Gasteiger partial charge on any atom is -0.462 e. The Balaban J connectivity index is 4.29. The molecule has 6 heteroatoms. The number of hydrogen-bond donors (Lipinski definition) is 0. The topological polar surface area (TPSA) is 78.9 Å². The minimum absolute atomic E-state index is 0.0719. The van der Waals surface area contributed by atoms with E-state index in [0.717, 1.165) is 77.0 Å². The van der Waals surface area contributed by atoms with Gasteiger partial charge in [-0.25, -0.2) is 0 Å². The largest absolute Gasteiger partial charge is 0.462 e. The lowest BCUT2D eigenvalue weighted by Crippen LogP contribution is -2.30. The second-order valence-electron chi connectivity index (χ2n) is 19.6. The SMILES string of the molecule is CCCCCCC/C=C\C/C=C\C/C=C\CCCCCCCCC(=O)OCC(COC(=O)CCCCCCCCCCCC)OC(=O)CCCCCCCCCCCCCCCCCCC. The summed E-state index contributed by atoms with van der Waals surface area (Å²) < 4.78 is 16.8. The van der Waals surface area contributed by atoms with E-state index in [4.69, 9.17) is 14.2 Å². The number of carbonyl (C=O) groups is 3. The quantitative estimate of drug-likeness (QED) is 0.0262. The maximum Gasteiger partial charge on any atom is 0.306 e. The van der Waals surface area contributed by atoms with Gasteiger partial charge in [-0.05, 0) is 57.8 Å². The van der Waals surface area contributed by atoms with Gasteiger partial charge < -0.3 is 14.2 Å². The van der Waals surface area contributed by atoms with E-state index in [9.17, 15) is 14.4 Å². The van der Waals surface area contributed by atoms with Gasteiger partial charge in [-0.1, -0.05) is 269 Å². The van der Waals surface area contributed by atoms with E-state index in [1.54, 1.807) is 0 Å². The summed E-state index contributed by atoms with van der Waals surface area (Å²) in [6.07, 6.45) is 65.6. The van der Waals surface area contributed by atoms with Crippen molar-refractivity contribution >= 4 is 17.9 Å². The lowest BCUT2D eigenvalue weighted by molar-refractivity contribution is -0.167. The van der Waals surface area contributed by atoms with Gasteiger partial charge in [0, 0.05) is 19.3 Å². The van der Waals surface area contributed by atoms with Crippen molar-refractivity contribution in [2.75, 3.05) is 13.2 Å². The third kappa shape index (κ3) is 52.6. The van der Waals surface area contributed by atoms with Crippen LogP contribution in [0.3, 0.4) is 0 Å². The molecule has 0 saturated carbocycles. The Morgan fingerprint density at radius 1 is 0.303 bits per heavy atom. The zero-order chi connectivity index (χ0) is 47.9. The molecule has 66 heavy (non-hydrogen) atoms. The standard InChI is InChI=1S/C60H110O6/c1-4-7-10-13-16-19-22-24-26-28-29-30-31-33-34-36-38-41-44-47-50-53-59(62)65-56-57(55-64-58(61)52-49-46-43-40-21-18-15-12-9-6-3)66-60(63)54-51-48-45-42-39-37-35-32-27-25-23-20-17-14-11-8-5-2/h22,24,28-29,31,33,57H,4-21,23,25-27,30,32,34-56H2,1-3H3/b24-22-,29-28-,33-31-. The maximum atomic E-state index is 12.8. The van der Waals surface area contributed by atoms with Crippen LogP contribution >= 0.6 is 0 Å². The van der Waals surface area contributed by atoms with Gasteiger partial charge in [-0.15, -0.1) is 0 Å². The number of hydrogen-bond acceptors (Lipinski definition) is 6. The van der Waals surface area contributed by atoms with Crippen LogP contribution in [0.15, 0.2) is 36.5 Å². The smallest absolute Gasteiger partial charge is 0.306 e. The van der Waals surface area contributed by atoms with E-state index in [2.05, 4.69) is 57.2 Å². The molecule has 0 aromatic heterocycles. The van der Waals surface area contributed by atoms with Crippen molar-refractivity contribution in [3.8, 4) is 0 Å². The van der Waals surface area contributed by atoms with Crippen LogP contribution in [-0.2, 0) is 28.6 Å². The lowest BCUT2D eigenvalue weighted by atomic mass is 10.0. The molecular weight excluding hydrogens is 817 g/mol. The predicted molar refractivity (Wildman–Crippen MR) is 284 cm³/mol. The Bertz CT molecular complexity index is 1110. The monoisotopic (exact) mass is 927 g/mol. The second kappa shape index (κ2) is 55.2. The van der Waals surface area contributed by atoms with Crippen molar-refractivity contribution in [2.45, 2.75) is 316 Å². The van der Waals surface area contributed by atoms with Gasteiger partial charge in [0.2, 0.25) is 0 Å². The fourth-order valence-electron chi connectivity index (χ4n) is 8.51. The van der Waals surface area contributed by atoms with Crippen LogP contribution in [-0.4, -0.2) is 37.2 Å². The molecule has 0 N–H and O–H groups in total. The molecule has 0 amide bonds. The van der Waals surface area contributed by atoms with Crippen LogP contribution in [0.4, 0.5) is 0 Å². The first-order valence-electron chi connectivity index (χ1n) is 29.0. The third-order valence-corrected chi connectivity index (χ3v) is 12.9. The first kappa shape index (κ1) is 63.6. The molecule has 0 bridgehead atoms. The molecule has 0 rings (SSSR count). The number of rotatable bonds is 53. The van der Waals surface area contributed by atoms with Crippen molar-refractivity contribution in [1.82, 2.24) is 0 Å². The Morgan fingerprint density at radius 2 is 0.545 bits per heavy atom. The van der Waals surface area contributed by atoms with E-state index in [-0.39, 0.29) is 31.1 Å². The summed E-state index contributed by atoms with van der Waals surface area (Å²) in [5.41, 5.74) is 0. The third-order valence-electron chi connectivity index (χ3n) is 12.9. The van der Waals surface area contributed by atoms with Crippen molar-refractivity contribution in [3.63, 3.8) is 0 Å². The number of esters is 3. The minimum atomic E-state index is -0.772. The number of ether oxygens (including phenoxy) is 3. The van der Waals surface area contributed by atoms with Crippen LogP contribution in [0.5, 0.6) is 0 Å². The average molecular weight is 928 g/mol. The summed E-state index contributed by atoms with van der Waals surface area (Å²) in [7, 11) is 0. The molecule has 0 aliphatic rings. The van der Waals surface area contributed by atoms with E-state index >= 15 is 0 Å². The highest BCUT2D eigenvalue weighted by Gasteiger charge is 2.19. The van der Waals surface area contributed by atoms with Crippen LogP contribution < -0.4 is 0 Å². The summed E-state index contributed by atoms with van der Waals surface area (Å²) in [5.74, 6) is -0.869. The predicted octanol–water partition coefficient (Wildman–Crippen LogP) is 19.3. The molecule has 0 aromatic carbocycles. The molecule has 0 radical (unpaired) electrons. The van der Waals surface area contributed by atoms with E-state index in [1.165, 1.54) is 193 Å².